The van der Waals surface area contributed by atoms with E-state index in [0.29, 0.717) is 29.9 Å². The molecule has 0 bridgehead atoms. The first-order chi connectivity index (χ1) is 10.7. The largest absolute Gasteiger partial charge is 0.464 e. The molecule has 0 unspecified atom stereocenters. The molecule has 0 aliphatic carbocycles. The molecule has 1 fully saturated rings. The fourth-order valence-electron chi connectivity index (χ4n) is 2.29. The van der Waals surface area contributed by atoms with Crippen molar-refractivity contribution in [3.8, 4) is 0 Å². The second-order valence-corrected chi connectivity index (χ2v) is 7.39. The minimum Gasteiger partial charge on any atom is -0.464 e. The Labute approximate surface area is 143 Å². The molecule has 0 spiro atoms. The summed E-state index contributed by atoms with van der Waals surface area (Å²) in [7, 11) is 1.33. The fraction of sp³-hybridized carbons (Fsp3) is 0.600. The third-order valence-electron chi connectivity index (χ3n) is 3.29. The van der Waals surface area contributed by atoms with Gasteiger partial charge in [0.1, 0.15) is 16.8 Å². The summed E-state index contributed by atoms with van der Waals surface area (Å²) in [6.45, 7) is 6.48. The van der Waals surface area contributed by atoms with Gasteiger partial charge in [0, 0.05) is 6.20 Å². The molecule has 1 aliphatic heterocycles. The Kier molecular flexibility index (Phi) is 5.05. The zero-order chi connectivity index (χ0) is 17.3. The number of methoxy groups -OCH3 is 1. The zero-order valence-corrected chi connectivity index (χ0v) is 15.2. The Bertz CT molecular complexity index is 601. The van der Waals surface area contributed by atoms with Crippen molar-refractivity contribution in [3.05, 3.63) is 22.4 Å². The lowest BCUT2D eigenvalue weighted by Gasteiger charge is -2.42. The van der Waals surface area contributed by atoms with Gasteiger partial charge in [-0.3, -0.25) is 0 Å². The summed E-state index contributed by atoms with van der Waals surface area (Å²) >= 11 is 3.33. The number of nitrogens with zero attached hydrogens (tertiary/aromatic N) is 1. The summed E-state index contributed by atoms with van der Waals surface area (Å²) in [5.41, 5.74) is -0.794. The molecule has 0 radical (unpaired) electrons. The van der Waals surface area contributed by atoms with Gasteiger partial charge in [0.05, 0.1) is 31.3 Å². The molecule has 128 valence electrons. The highest BCUT2D eigenvalue weighted by Gasteiger charge is 2.42. The van der Waals surface area contributed by atoms with Crippen molar-refractivity contribution in [1.29, 1.82) is 0 Å². The van der Waals surface area contributed by atoms with Crippen LogP contribution in [0.5, 0.6) is 0 Å². The first-order valence-corrected chi connectivity index (χ1v) is 7.97. The first kappa shape index (κ1) is 17.8. The van der Waals surface area contributed by atoms with Gasteiger partial charge in [0.15, 0.2) is 0 Å². The molecule has 23 heavy (non-hydrogen) atoms. The summed E-state index contributed by atoms with van der Waals surface area (Å²) in [6.07, 6.45) is 1.25. The van der Waals surface area contributed by atoms with E-state index >= 15 is 0 Å². The lowest BCUT2D eigenvalue weighted by Crippen LogP contribution is -2.65. The SMILES string of the molecule is COC(=O)c1c(Br)ccn1CC1(NC(=O)OC(C)(C)C)COC1. The normalized spacial score (nSPS) is 16.4. The Balaban J connectivity index is 2.14. The quantitative estimate of drug-likeness (QED) is 0.800. The van der Waals surface area contributed by atoms with Gasteiger partial charge in [-0.15, -0.1) is 0 Å². The molecule has 1 N–H and O–H groups in total. The van der Waals surface area contributed by atoms with E-state index in [0.717, 1.165) is 0 Å². The van der Waals surface area contributed by atoms with E-state index < -0.39 is 23.2 Å². The minimum atomic E-state index is -0.608. The zero-order valence-electron chi connectivity index (χ0n) is 13.6. The molecule has 2 rings (SSSR count). The molecule has 0 aromatic carbocycles. The van der Waals surface area contributed by atoms with Crippen molar-refractivity contribution in [2.75, 3.05) is 20.3 Å². The van der Waals surface area contributed by atoms with Crippen LogP contribution in [-0.4, -0.2) is 48.1 Å². The van der Waals surface area contributed by atoms with E-state index in [4.69, 9.17) is 14.2 Å². The maximum absolute atomic E-state index is 12.0. The molecule has 1 aromatic rings. The maximum atomic E-state index is 12.0. The van der Waals surface area contributed by atoms with Crippen LogP contribution >= 0.6 is 15.9 Å². The first-order valence-electron chi connectivity index (χ1n) is 7.18. The van der Waals surface area contributed by atoms with Gasteiger partial charge in [-0.25, -0.2) is 9.59 Å². The highest BCUT2D eigenvalue weighted by Crippen LogP contribution is 2.25. The average molecular weight is 389 g/mol. The second-order valence-electron chi connectivity index (χ2n) is 6.53. The molecular formula is C15H21BrN2O5. The Morgan fingerprint density at radius 2 is 2.09 bits per heavy atom. The lowest BCUT2D eigenvalue weighted by atomic mass is 9.97. The van der Waals surface area contributed by atoms with Crippen LogP contribution in [0.4, 0.5) is 4.79 Å². The summed E-state index contributed by atoms with van der Waals surface area (Å²) in [5, 5.41) is 2.85. The van der Waals surface area contributed by atoms with Crippen molar-refractivity contribution in [2.24, 2.45) is 0 Å². The molecule has 1 aromatic heterocycles. The third kappa shape index (κ3) is 4.26. The van der Waals surface area contributed by atoms with Gasteiger partial charge in [0.25, 0.3) is 0 Å². The van der Waals surface area contributed by atoms with Gasteiger partial charge in [-0.05, 0) is 42.8 Å². The van der Waals surface area contributed by atoms with E-state index in [1.165, 1.54) is 7.11 Å². The number of amides is 1. The predicted molar refractivity (Wildman–Crippen MR) is 86.4 cm³/mol. The number of carbonyl (C=O) groups is 2. The molecule has 7 nitrogen and oxygen atoms in total. The number of hydrogen-bond donors (Lipinski definition) is 1. The average Bonchev–Trinajstić information content (AvgIpc) is 2.74. The topological polar surface area (TPSA) is 78.8 Å². The van der Waals surface area contributed by atoms with E-state index in [-0.39, 0.29) is 0 Å². The van der Waals surface area contributed by atoms with Crippen molar-refractivity contribution < 1.29 is 23.8 Å². The monoisotopic (exact) mass is 388 g/mol. The number of halogens is 1. The van der Waals surface area contributed by atoms with Crippen molar-refractivity contribution in [1.82, 2.24) is 9.88 Å². The molecule has 2 heterocycles. The van der Waals surface area contributed by atoms with Crippen LogP contribution in [0, 0.1) is 0 Å². The van der Waals surface area contributed by atoms with Crippen LogP contribution in [0.25, 0.3) is 0 Å². The van der Waals surface area contributed by atoms with Crippen molar-refractivity contribution >= 4 is 28.0 Å². The number of hydrogen-bond acceptors (Lipinski definition) is 5. The summed E-state index contributed by atoms with van der Waals surface area (Å²) in [6, 6.07) is 1.76. The van der Waals surface area contributed by atoms with Crippen LogP contribution in [-0.2, 0) is 20.8 Å². The van der Waals surface area contributed by atoms with Gasteiger partial charge in [-0.1, -0.05) is 0 Å². The van der Waals surface area contributed by atoms with Crippen LogP contribution in [0.2, 0.25) is 0 Å². The van der Waals surface area contributed by atoms with Crippen LogP contribution in [0.1, 0.15) is 31.3 Å². The van der Waals surface area contributed by atoms with Gasteiger partial charge < -0.3 is 24.1 Å². The van der Waals surface area contributed by atoms with E-state index in [1.807, 2.05) is 0 Å². The number of aromatic nitrogens is 1. The molecule has 1 saturated heterocycles. The van der Waals surface area contributed by atoms with Gasteiger partial charge >= 0.3 is 12.1 Å². The van der Waals surface area contributed by atoms with Crippen molar-refractivity contribution in [3.63, 3.8) is 0 Å². The summed E-state index contributed by atoms with van der Waals surface area (Å²) in [5.74, 6) is -0.450. The fourth-order valence-corrected chi connectivity index (χ4v) is 2.79. The van der Waals surface area contributed by atoms with E-state index in [9.17, 15) is 9.59 Å². The number of carbonyl (C=O) groups excluding carboxylic acids is 2. The van der Waals surface area contributed by atoms with Crippen LogP contribution in [0.15, 0.2) is 16.7 Å². The molecular weight excluding hydrogens is 368 g/mol. The maximum Gasteiger partial charge on any atom is 0.408 e. The molecule has 8 heteroatoms. The van der Waals surface area contributed by atoms with Crippen molar-refractivity contribution in [2.45, 2.75) is 38.5 Å². The highest BCUT2D eigenvalue weighted by molar-refractivity contribution is 9.10. The molecule has 1 aliphatic rings. The Morgan fingerprint density at radius 1 is 1.43 bits per heavy atom. The number of alkyl carbamates (subject to hydrolysis) is 1. The Morgan fingerprint density at radius 3 is 2.57 bits per heavy atom. The third-order valence-corrected chi connectivity index (χ3v) is 3.93. The van der Waals surface area contributed by atoms with Crippen LogP contribution in [0.3, 0.4) is 0 Å². The number of esters is 1. The number of nitrogens with one attached hydrogen (secondary N) is 1. The Hall–Kier alpha value is -1.54. The summed E-state index contributed by atoms with van der Waals surface area (Å²) in [4.78, 5) is 23.9. The lowest BCUT2D eigenvalue weighted by molar-refractivity contribution is -0.0834. The van der Waals surface area contributed by atoms with Gasteiger partial charge in [0.2, 0.25) is 0 Å². The standard InChI is InChI=1S/C15H21BrN2O5/c1-14(2,3)23-13(20)17-15(8-22-9-15)7-18-6-5-10(16)11(18)12(19)21-4/h5-6H,7-9H2,1-4H3,(H,17,20). The molecule has 0 saturated carbocycles. The molecule has 1 amide bonds. The van der Waals surface area contributed by atoms with E-state index in [1.54, 1.807) is 37.6 Å². The number of rotatable bonds is 4. The van der Waals surface area contributed by atoms with Crippen LogP contribution < -0.4 is 5.32 Å². The smallest absolute Gasteiger partial charge is 0.408 e. The second kappa shape index (κ2) is 6.52. The minimum absolute atomic E-state index is 0.350. The molecule has 0 atom stereocenters. The summed E-state index contributed by atoms with van der Waals surface area (Å²) < 4.78 is 17.7. The highest BCUT2D eigenvalue weighted by atomic mass is 79.9. The van der Waals surface area contributed by atoms with E-state index in [2.05, 4.69) is 21.2 Å². The number of ether oxygens (including phenoxy) is 3. The van der Waals surface area contributed by atoms with Gasteiger partial charge in [-0.2, -0.15) is 0 Å². The predicted octanol–water partition coefficient (Wildman–Crippen LogP) is 2.33.